The maximum atomic E-state index is 13.0. The molecule has 1 spiro atoms. The van der Waals surface area contributed by atoms with Crippen LogP contribution in [0.4, 0.5) is 5.69 Å². The summed E-state index contributed by atoms with van der Waals surface area (Å²) in [4.78, 5) is 25.6. The number of nitrogens with zero attached hydrogens (tertiary/aromatic N) is 1. The van der Waals surface area contributed by atoms with Gasteiger partial charge in [-0.05, 0) is 13.0 Å². The lowest BCUT2D eigenvalue weighted by Gasteiger charge is -2.33. The molecule has 8 heteroatoms. The summed E-state index contributed by atoms with van der Waals surface area (Å²) in [7, 11) is 1.50. The van der Waals surface area contributed by atoms with Gasteiger partial charge in [-0.25, -0.2) is 0 Å². The molecule has 1 atom stereocenters. The van der Waals surface area contributed by atoms with E-state index in [0.29, 0.717) is 11.3 Å². The molecule has 0 radical (unpaired) electrons. The van der Waals surface area contributed by atoms with E-state index in [4.69, 9.17) is 19.9 Å². The van der Waals surface area contributed by atoms with Crippen molar-refractivity contribution in [1.82, 2.24) is 0 Å². The second-order valence-corrected chi connectivity index (χ2v) is 5.76. The number of fused-ring (bicyclic) bond motifs is 2. The van der Waals surface area contributed by atoms with E-state index in [1.54, 1.807) is 24.3 Å². The number of nitriles is 1. The molecule has 0 fully saturated rings. The van der Waals surface area contributed by atoms with E-state index in [-0.39, 0.29) is 36.2 Å². The van der Waals surface area contributed by atoms with Crippen molar-refractivity contribution in [3.63, 3.8) is 0 Å². The van der Waals surface area contributed by atoms with Gasteiger partial charge < -0.3 is 25.3 Å². The van der Waals surface area contributed by atoms with E-state index < -0.39 is 17.1 Å². The third-order valence-electron chi connectivity index (χ3n) is 4.31. The van der Waals surface area contributed by atoms with Gasteiger partial charge in [0.05, 0.1) is 6.61 Å². The monoisotopic (exact) mass is 355 g/mol. The third kappa shape index (κ3) is 2.33. The third-order valence-corrected chi connectivity index (χ3v) is 4.31. The number of anilines is 1. The Hall–Kier alpha value is -3.31. The van der Waals surface area contributed by atoms with Crippen LogP contribution < -0.4 is 11.1 Å². The van der Waals surface area contributed by atoms with Gasteiger partial charge in [-0.1, -0.05) is 18.2 Å². The molecule has 0 unspecified atom stereocenters. The van der Waals surface area contributed by atoms with Gasteiger partial charge in [-0.15, -0.1) is 0 Å². The number of para-hydroxylation sites is 1. The minimum absolute atomic E-state index is 0.0678. The van der Waals surface area contributed by atoms with E-state index in [1.165, 1.54) is 14.0 Å². The van der Waals surface area contributed by atoms with Crippen LogP contribution in [0.2, 0.25) is 0 Å². The van der Waals surface area contributed by atoms with E-state index in [1.807, 2.05) is 6.07 Å². The van der Waals surface area contributed by atoms with Crippen LogP contribution in [0.5, 0.6) is 0 Å². The molecule has 1 aromatic rings. The molecule has 1 aromatic carbocycles. The molecular weight excluding hydrogens is 338 g/mol. The molecule has 0 saturated carbocycles. The highest BCUT2D eigenvalue weighted by Crippen LogP contribution is 2.51. The van der Waals surface area contributed by atoms with Gasteiger partial charge >= 0.3 is 0 Å². The molecule has 3 rings (SSSR count). The van der Waals surface area contributed by atoms with Crippen molar-refractivity contribution in [1.29, 1.82) is 5.26 Å². The first-order valence-electron chi connectivity index (χ1n) is 7.85. The van der Waals surface area contributed by atoms with Crippen molar-refractivity contribution in [3.8, 4) is 6.07 Å². The van der Waals surface area contributed by atoms with Gasteiger partial charge in [0.15, 0.2) is 11.2 Å². The molecule has 3 N–H and O–H groups in total. The van der Waals surface area contributed by atoms with Crippen molar-refractivity contribution >= 4 is 17.4 Å². The SMILES string of the molecule is COCCOC1=C(C(C)=O)[C@@]2(C(=O)Nc3ccccc32)C(C#N)=C(N)O1. The number of nitrogens with two attached hydrogens (primary N) is 1. The summed E-state index contributed by atoms with van der Waals surface area (Å²) < 4.78 is 15.8. The average Bonchev–Trinajstić information content (AvgIpc) is 2.88. The van der Waals surface area contributed by atoms with Crippen LogP contribution in [0, 0.1) is 11.3 Å². The molecule has 26 heavy (non-hydrogen) atoms. The van der Waals surface area contributed by atoms with Crippen LogP contribution in [-0.2, 0) is 29.2 Å². The fourth-order valence-corrected chi connectivity index (χ4v) is 3.28. The van der Waals surface area contributed by atoms with Gasteiger partial charge in [-0.2, -0.15) is 5.26 Å². The van der Waals surface area contributed by atoms with Gasteiger partial charge in [0.25, 0.3) is 5.95 Å². The molecule has 0 aromatic heterocycles. The Kier molecular flexibility index (Phi) is 4.40. The van der Waals surface area contributed by atoms with Crippen LogP contribution in [-0.4, -0.2) is 32.0 Å². The highest BCUT2D eigenvalue weighted by Gasteiger charge is 2.59. The molecule has 1 amide bonds. The number of amides is 1. The quantitative estimate of drug-likeness (QED) is 0.757. The van der Waals surface area contributed by atoms with Crippen molar-refractivity contribution in [2.24, 2.45) is 5.73 Å². The van der Waals surface area contributed by atoms with Crippen molar-refractivity contribution in [3.05, 3.63) is 52.8 Å². The van der Waals surface area contributed by atoms with Crippen molar-refractivity contribution < 1.29 is 23.8 Å². The molecule has 134 valence electrons. The van der Waals surface area contributed by atoms with Crippen molar-refractivity contribution in [2.75, 3.05) is 25.6 Å². The summed E-state index contributed by atoms with van der Waals surface area (Å²) in [5.41, 5.74) is 4.94. The van der Waals surface area contributed by atoms with Crippen LogP contribution in [0.3, 0.4) is 0 Å². The zero-order valence-corrected chi connectivity index (χ0v) is 14.3. The topological polar surface area (TPSA) is 124 Å². The Morgan fingerprint density at radius 3 is 2.77 bits per heavy atom. The lowest BCUT2D eigenvalue weighted by atomic mass is 9.68. The summed E-state index contributed by atoms with van der Waals surface area (Å²) in [6.45, 7) is 1.60. The number of hydrogen-bond acceptors (Lipinski definition) is 7. The number of benzene rings is 1. The first kappa shape index (κ1) is 17.5. The Labute approximate surface area is 149 Å². The summed E-state index contributed by atoms with van der Waals surface area (Å²) in [5.74, 6) is -1.50. The standard InChI is InChI=1S/C18H17N3O5/c1-10(22)14-16(25-8-7-24-2)26-15(20)12(9-19)18(14)11-5-3-4-6-13(11)21-17(18)23/h3-6H,7-8,20H2,1-2H3,(H,21,23)/t18-/m0/s1. The Bertz CT molecular complexity index is 896. The van der Waals surface area contributed by atoms with Gasteiger partial charge in [0, 0.05) is 18.4 Å². The average molecular weight is 355 g/mol. The fraction of sp³-hybridized carbons (Fsp3) is 0.278. The number of carbonyl (C=O) groups is 2. The van der Waals surface area contributed by atoms with Gasteiger partial charge in [-0.3, -0.25) is 9.59 Å². The molecule has 0 saturated heterocycles. The van der Waals surface area contributed by atoms with Crippen LogP contribution in [0.25, 0.3) is 0 Å². The van der Waals surface area contributed by atoms with Crippen LogP contribution in [0.1, 0.15) is 12.5 Å². The number of Topliss-reactive ketones (excluding diaryl/α,β-unsaturated/α-hetero) is 1. The van der Waals surface area contributed by atoms with Gasteiger partial charge in [0.2, 0.25) is 11.8 Å². The van der Waals surface area contributed by atoms with E-state index in [2.05, 4.69) is 5.32 Å². The smallest absolute Gasteiger partial charge is 0.294 e. The van der Waals surface area contributed by atoms with Crippen LogP contribution in [0.15, 0.2) is 47.2 Å². The number of hydrogen-bond donors (Lipinski definition) is 2. The normalized spacial score (nSPS) is 21.2. The Morgan fingerprint density at radius 2 is 2.12 bits per heavy atom. The lowest BCUT2D eigenvalue weighted by Crippen LogP contribution is -2.45. The lowest BCUT2D eigenvalue weighted by molar-refractivity contribution is -0.122. The van der Waals surface area contributed by atoms with Crippen molar-refractivity contribution in [2.45, 2.75) is 12.3 Å². The minimum Gasteiger partial charge on any atom is -0.462 e. The largest absolute Gasteiger partial charge is 0.462 e. The minimum atomic E-state index is -1.71. The highest BCUT2D eigenvalue weighted by atomic mass is 16.7. The zero-order valence-electron chi connectivity index (χ0n) is 14.3. The number of nitrogens with one attached hydrogen (secondary N) is 1. The Balaban J connectivity index is 2.30. The summed E-state index contributed by atoms with van der Waals surface area (Å²) in [5, 5.41) is 12.4. The number of rotatable bonds is 5. The number of ether oxygens (including phenoxy) is 3. The summed E-state index contributed by atoms with van der Waals surface area (Å²) >= 11 is 0. The molecule has 0 aliphatic carbocycles. The molecule has 8 nitrogen and oxygen atoms in total. The molecule has 2 aliphatic rings. The summed E-state index contributed by atoms with van der Waals surface area (Å²) in [6.07, 6.45) is 0. The molecular formula is C18H17N3O5. The molecule has 2 aliphatic heterocycles. The second-order valence-electron chi connectivity index (χ2n) is 5.76. The van der Waals surface area contributed by atoms with E-state index >= 15 is 0 Å². The second kappa shape index (κ2) is 6.54. The van der Waals surface area contributed by atoms with Gasteiger partial charge in [0.1, 0.15) is 23.8 Å². The van der Waals surface area contributed by atoms with Crippen LogP contribution >= 0.6 is 0 Å². The first-order chi connectivity index (χ1) is 12.5. The fourth-order valence-electron chi connectivity index (χ4n) is 3.28. The predicted octanol–water partition coefficient (Wildman–Crippen LogP) is 1.06. The molecule has 0 bridgehead atoms. The Morgan fingerprint density at radius 1 is 1.38 bits per heavy atom. The molecule has 2 heterocycles. The highest BCUT2D eigenvalue weighted by molar-refractivity contribution is 6.18. The first-order valence-corrected chi connectivity index (χ1v) is 7.85. The number of ketones is 1. The zero-order chi connectivity index (χ0) is 18.9. The maximum Gasteiger partial charge on any atom is 0.294 e. The van der Waals surface area contributed by atoms with E-state index in [0.717, 1.165) is 0 Å². The predicted molar refractivity (Wildman–Crippen MR) is 90.2 cm³/mol. The maximum absolute atomic E-state index is 13.0. The number of carbonyl (C=O) groups excluding carboxylic acids is 2. The number of methoxy groups -OCH3 is 1. The summed E-state index contributed by atoms with van der Waals surface area (Å²) in [6, 6.07) is 8.74. The van der Waals surface area contributed by atoms with E-state index in [9.17, 15) is 14.9 Å².